The summed E-state index contributed by atoms with van der Waals surface area (Å²) in [6.07, 6.45) is 0. The minimum Gasteiger partial charge on any atom is -0.325 e. The number of amides is 1. The third kappa shape index (κ3) is 5.53. The molecule has 0 fully saturated rings. The monoisotopic (exact) mass is 371 g/mol. The fourth-order valence-corrected chi connectivity index (χ4v) is 2.97. The van der Waals surface area contributed by atoms with Crippen LogP contribution in [0.15, 0.2) is 42.5 Å². The van der Waals surface area contributed by atoms with Crippen LogP contribution in [0.25, 0.3) is 0 Å². The van der Waals surface area contributed by atoms with Crippen molar-refractivity contribution < 1.29 is 14.0 Å². The van der Waals surface area contributed by atoms with Crippen molar-refractivity contribution in [1.29, 1.82) is 0 Å². The maximum Gasteiger partial charge on any atom is 0.234 e. The standard InChI is InChI=1S/C16H12Cl2FNO2S/c17-10-1-6-13(14(18)7-10)15(21)8-23-9-16(22)20-12-4-2-11(19)3-5-12/h1-7H,8-9H2,(H,20,22). The molecule has 0 aromatic heterocycles. The van der Waals surface area contributed by atoms with E-state index in [0.717, 1.165) is 0 Å². The molecule has 0 aliphatic heterocycles. The lowest BCUT2D eigenvalue weighted by atomic mass is 10.1. The maximum atomic E-state index is 12.8. The van der Waals surface area contributed by atoms with Gasteiger partial charge in [-0.25, -0.2) is 4.39 Å². The minimum atomic E-state index is -0.372. The molecule has 0 bridgehead atoms. The molecule has 3 nitrogen and oxygen atoms in total. The maximum absolute atomic E-state index is 12.8. The van der Waals surface area contributed by atoms with Crippen molar-refractivity contribution in [2.24, 2.45) is 0 Å². The predicted octanol–water partition coefficient (Wildman–Crippen LogP) is 4.69. The van der Waals surface area contributed by atoms with Gasteiger partial charge in [0.15, 0.2) is 5.78 Å². The Morgan fingerprint density at radius 2 is 1.74 bits per heavy atom. The number of carbonyl (C=O) groups is 2. The Labute approximate surface area is 147 Å². The third-order valence-corrected chi connectivity index (χ3v) is 4.31. The number of carbonyl (C=O) groups excluding carboxylic acids is 2. The van der Waals surface area contributed by atoms with Gasteiger partial charge in [0, 0.05) is 16.3 Å². The van der Waals surface area contributed by atoms with E-state index in [1.54, 1.807) is 12.1 Å². The van der Waals surface area contributed by atoms with Crippen LogP contribution >= 0.6 is 35.0 Å². The molecule has 0 unspecified atom stereocenters. The summed E-state index contributed by atoms with van der Waals surface area (Å²) in [7, 11) is 0. The van der Waals surface area contributed by atoms with Crippen molar-refractivity contribution in [2.75, 3.05) is 16.8 Å². The van der Waals surface area contributed by atoms with E-state index in [2.05, 4.69) is 5.32 Å². The Hall–Kier alpha value is -1.56. The van der Waals surface area contributed by atoms with Crippen molar-refractivity contribution in [3.63, 3.8) is 0 Å². The molecule has 1 N–H and O–H groups in total. The number of ketones is 1. The number of hydrogen-bond acceptors (Lipinski definition) is 3. The normalized spacial score (nSPS) is 10.4. The van der Waals surface area contributed by atoms with E-state index in [1.165, 1.54) is 42.1 Å². The summed E-state index contributed by atoms with van der Waals surface area (Å²) in [6.45, 7) is 0. The van der Waals surface area contributed by atoms with Crippen molar-refractivity contribution >= 4 is 52.3 Å². The number of thioether (sulfide) groups is 1. The van der Waals surface area contributed by atoms with Crippen LogP contribution in [0.2, 0.25) is 10.0 Å². The van der Waals surface area contributed by atoms with Gasteiger partial charge in [-0.05, 0) is 42.5 Å². The second kappa shape index (κ2) is 8.34. The highest BCUT2D eigenvalue weighted by atomic mass is 35.5. The summed E-state index contributed by atoms with van der Waals surface area (Å²) in [6, 6.07) is 10.1. The number of hydrogen-bond donors (Lipinski definition) is 1. The molecule has 23 heavy (non-hydrogen) atoms. The van der Waals surface area contributed by atoms with E-state index < -0.39 is 0 Å². The van der Waals surface area contributed by atoms with Gasteiger partial charge in [0.05, 0.1) is 16.5 Å². The van der Waals surface area contributed by atoms with Crippen LogP contribution in [-0.4, -0.2) is 23.2 Å². The number of anilines is 1. The average Bonchev–Trinajstić information content (AvgIpc) is 2.49. The summed E-state index contributed by atoms with van der Waals surface area (Å²) in [4.78, 5) is 23.8. The molecule has 2 rings (SSSR count). The number of halogens is 3. The molecule has 2 aromatic rings. The van der Waals surface area contributed by atoms with Crippen LogP contribution < -0.4 is 5.32 Å². The zero-order valence-corrected chi connectivity index (χ0v) is 14.1. The Balaban J connectivity index is 1.81. The quantitative estimate of drug-likeness (QED) is 0.749. The zero-order chi connectivity index (χ0) is 16.8. The first-order valence-electron chi connectivity index (χ1n) is 6.57. The van der Waals surface area contributed by atoms with Crippen molar-refractivity contribution in [3.8, 4) is 0 Å². The van der Waals surface area contributed by atoms with Gasteiger partial charge in [-0.2, -0.15) is 0 Å². The van der Waals surface area contributed by atoms with Gasteiger partial charge in [0.25, 0.3) is 0 Å². The van der Waals surface area contributed by atoms with Crippen molar-refractivity contribution in [3.05, 3.63) is 63.9 Å². The first kappa shape index (κ1) is 17.8. The molecule has 0 saturated heterocycles. The summed E-state index contributed by atoms with van der Waals surface area (Å²) < 4.78 is 12.8. The largest absolute Gasteiger partial charge is 0.325 e. The number of benzene rings is 2. The summed E-state index contributed by atoms with van der Waals surface area (Å²) in [5.41, 5.74) is 0.881. The Morgan fingerprint density at radius 3 is 2.39 bits per heavy atom. The molecule has 1 amide bonds. The number of rotatable bonds is 6. The van der Waals surface area contributed by atoms with Crippen LogP contribution in [0.5, 0.6) is 0 Å². The van der Waals surface area contributed by atoms with Gasteiger partial charge in [-0.15, -0.1) is 11.8 Å². The van der Waals surface area contributed by atoms with E-state index in [9.17, 15) is 14.0 Å². The van der Waals surface area contributed by atoms with Crippen LogP contribution in [0, 0.1) is 5.82 Å². The van der Waals surface area contributed by atoms with Crippen molar-refractivity contribution in [2.45, 2.75) is 0 Å². The van der Waals surface area contributed by atoms with E-state index in [-0.39, 0.29) is 29.0 Å². The van der Waals surface area contributed by atoms with Crippen molar-refractivity contribution in [1.82, 2.24) is 0 Å². The van der Waals surface area contributed by atoms with E-state index in [0.29, 0.717) is 21.3 Å². The third-order valence-electron chi connectivity index (χ3n) is 2.83. The Bertz CT molecular complexity index is 723. The van der Waals surface area contributed by atoms with E-state index in [4.69, 9.17) is 23.2 Å². The highest BCUT2D eigenvalue weighted by Crippen LogP contribution is 2.22. The summed E-state index contributed by atoms with van der Waals surface area (Å²) in [5, 5.41) is 3.37. The van der Waals surface area contributed by atoms with Crippen LogP contribution in [0.4, 0.5) is 10.1 Å². The topological polar surface area (TPSA) is 46.2 Å². The van der Waals surface area contributed by atoms with Gasteiger partial charge in [-0.3, -0.25) is 9.59 Å². The first-order valence-corrected chi connectivity index (χ1v) is 8.48. The lowest BCUT2D eigenvalue weighted by Crippen LogP contribution is -2.15. The molecular formula is C16H12Cl2FNO2S. The molecule has 0 heterocycles. The van der Waals surface area contributed by atoms with Crippen LogP contribution in [0.1, 0.15) is 10.4 Å². The van der Waals surface area contributed by atoms with Crippen LogP contribution in [0.3, 0.4) is 0 Å². The van der Waals surface area contributed by atoms with Gasteiger partial charge >= 0.3 is 0 Å². The highest BCUT2D eigenvalue weighted by molar-refractivity contribution is 8.00. The summed E-state index contributed by atoms with van der Waals surface area (Å²) >= 11 is 12.9. The molecule has 7 heteroatoms. The highest BCUT2D eigenvalue weighted by Gasteiger charge is 2.12. The zero-order valence-electron chi connectivity index (χ0n) is 11.8. The second-order valence-corrected chi connectivity index (χ2v) is 6.42. The molecule has 0 atom stereocenters. The second-order valence-electron chi connectivity index (χ2n) is 4.60. The Kier molecular flexibility index (Phi) is 6.45. The van der Waals surface area contributed by atoms with Gasteiger partial charge < -0.3 is 5.32 Å². The van der Waals surface area contributed by atoms with Crippen LogP contribution in [-0.2, 0) is 4.79 Å². The van der Waals surface area contributed by atoms with E-state index >= 15 is 0 Å². The molecule has 120 valence electrons. The molecule has 0 saturated carbocycles. The summed E-state index contributed by atoms with van der Waals surface area (Å²) in [5.74, 6) is -0.586. The molecule has 0 aliphatic carbocycles. The molecule has 2 aromatic carbocycles. The minimum absolute atomic E-state index is 0.105. The molecular weight excluding hydrogens is 360 g/mol. The molecule has 0 radical (unpaired) electrons. The first-order chi connectivity index (χ1) is 11.0. The smallest absolute Gasteiger partial charge is 0.234 e. The number of Topliss-reactive ketones (excluding diaryl/α,β-unsaturated/α-hetero) is 1. The van der Waals surface area contributed by atoms with Gasteiger partial charge in [0.2, 0.25) is 5.91 Å². The lowest BCUT2D eigenvalue weighted by Gasteiger charge is -2.06. The average molecular weight is 372 g/mol. The molecule has 0 spiro atoms. The van der Waals surface area contributed by atoms with E-state index in [1.807, 2.05) is 0 Å². The Morgan fingerprint density at radius 1 is 1.04 bits per heavy atom. The SMILES string of the molecule is O=C(CSCC(=O)c1ccc(Cl)cc1Cl)Nc1ccc(F)cc1. The van der Waals surface area contributed by atoms with Gasteiger partial charge in [0.1, 0.15) is 5.82 Å². The lowest BCUT2D eigenvalue weighted by molar-refractivity contribution is -0.113. The fourth-order valence-electron chi connectivity index (χ4n) is 1.76. The predicted molar refractivity (Wildman–Crippen MR) is 93.1 cm³/mol. The van der Waals surface area contributed by atoms with Gasteiger partial charge in [-0.1, -0.05) is 23.2 Å². The fraction of sp³-hybridized carbons (Fsp3) is 0.125. The molecule has 0 aliphatic rings. The number of nitrogens with one attached hydrogen (secondary N) is 1.